The van der Waals surface area contributed by atoms with Crippen LogP contribution in [0.1, 0.15) is 39.1 Å². The van der Waals surface area contributed by atoms with Crippen LogP contribution in [0.5, 0.6) is 0 Å². The maximum absolute atomic E-state index is 2.55. The van der Waals surface area contributed by atoms with Crippen LogP contribution in [-0.4, -0.2) is 0 Å². The lowest BCUT2D eigenvalue weighted by Gasteiger charge is -2.35. The average Bonchev–Trinajstić information content (AvgIpc) is 3.88. The number of allylic oxidation sites excluding steroid dienone is 1. The fourth-order valence-electron chi connectivity index (χ4n) is 10.5. The van der Waals surface area contributed by atoms with Crippen LogP contribution in [0.2, 0.25) is 0 Å². The van der Waals surface area contributed by atoms with E-state index >= 15 is 0 Å². The zero-order valence-electron chi connectivity index (χ0n) is 34.8. The van der Waals surface area contributed by atoms with Crippen molar-refractivity contribution in [3.05, 3.63) is 263 Å². The smallest absolute Gasteiger partial charge is 0.0714 e. The fourth-order valence-corrected chi connectivity index (χ4v) is 11.7. The number of thiophene rings is 1. The standard InChI is InChI=1S/C61H43NS/c1-5-20-42(21-6-1)48-28-13-14-31-53(48)60-49(43-22-7-2-8-23-43)32-19-34-57(60)62(46-37-39-59-54(40-46)52-30-16-18-35-58(52)63-59)47-36-38-51-50-29-15-17-33-55(50)61(56(51)41-47,44-24-9-3-10-25-44)45-26-11-4-12-27-45/h1-17,19-34,36-41H,18,35H2. The molecular weight excluding hydrogens is 779 g/mol. The van der Waals surface area contributed by atoms with Crippen molar-refractivity contribution in [3.8, 4) is 44.5 Å². The van der Waals surface area contributed by atoms with Gasteiger partial charge in [-0.2, -0.15) is 0 Å². The zero-order valence-corrected chi connectivity index (χ0v) is 35.6. The average molecular weight is 822 g/mol. The van der Waals surface area contributed by atoms with Crippen LogP contribution in [-0.2, 0) is 11.8 Å². The Kier molecular flexibility index (Phi) is 9.13. The number of anilines is 3. The first-order valence-electron chi connectivity index (χ1n) is 22.0. The van der Waals surface area contributed by atoms with Gasteiger partial charge in [0.25, 0.3) is 0 Å². The minimum atomic E-state index is -0.536. The van der Waals surface area contributed by atoms with Crippen LogP contribution in [0.3, 0.4) is 0 Å². The van der Waals surface area contributed by atoms with Gasteiger partial charge in [-0.15, -0.1) is 11.3 Å². The Morgan fingerprint density at radius 1 is 0.429 bits per heavy atom. The quantitative estimate of drug-likeness (QED) is 0.148. The van der Waals surface area contributed by atoms with E-state index in [1.165, 1.54) is 87.3 Å². The fraction of sp³-hybridized carbons (Fsp3) is 0.0492. The molecule has 0 bridgehead atoms. The van der Waals surface area contributed by atoms with E-state index in [1.54, 1.807) is 0 Å². The molecule has 0 unspecified atom stereocenters. The second kappa shape index (κ2) is 15.4. The number of benzene rings is 9. The van der Waals surface area contributed by atoms with Gasteiger partial charge in [0.15, 0.2) is 0 Å². The van der Waals surface area contributed by atoms with E-state index in [9.17, 15) is 0 Å². The lowest BCUT2D eigenvalue weighted by molar-refractivity contribution is 0.768. The van der Waals surface area contributed by atoms with Crippen molar-refractivity contribution in [2.24, 2.45) is 0 Å². The maximum atomic E-state index is 2.55. The Labute approximate surface area is 373 Å². The Bertz CT molecular complexity index is 3290. The molecule has 1 heterocycles. The number of rotatable bonds is 8. The largest absolute Gasteiger partial charge is 0.310 e. The van der Waals surface area contributed by atoms with Crippen LogP contribution in [0.4, 0.5) is 17.1 Å². The van der Waals surface area contributed by atoms with Crippen molar-refractivity contribution in [3.63, 3.8) is 0 Å². The third-order valence-corrected chi connectivity index (χ3v) is 14.5. The molecule has 2 aliphatic rings. The molecule has 63 heavy (non-hydrogen) atoms. The molecule has 2 heteroatoms. The van der Waals surface area contributed by atoms with Gasteiger partial charge in [-0.3, -0.25) is 0 Å². The predicted octanol–water partition coefficient (Wildman–Crippen LogP) is 16.7. The lowest BCUT2D eigenvalue weighted by Crippen LogP contribution is -2.28. The van der Waals surface area contributed by atoms with Gasteiger partial charge in [-0.05, 0) is 116 Å². The monoisotopic (exact) mass is 821 g/mol. The van der Waals surface area contributed by atoms with Gasteiger partial charge in [0.1, 0.15) is 0 Å². The third-order valence-electron chi connectivity index (χ3n) is 13.2. The van der Waals surface area contributed by atoms with Crippen molar-refractivity contribution >= 4 is 44.6 Å². The summed E-state index contributed by atoms with van der Waals surface area (Å²) >= 11 is 1.95. The first kappa shape index (κ1) is 37.3. The van der Waals surface area contributed by atoms with E-state index in [0.29, 0.717) is 0 Å². The van der Waals surface area contributed by atoms with Gasteiger partial charge >= 0.3 is 0 Å². The molecule has 1 aromatic heterocycles. The highest BCUT2D eigenvalue weighted by molar-refractivity contribution is 7.19. The Morgan fingerprint density at radius 3 is 1.70 bits per heavy atom. The predicted molar refractivity (Wildman–Crippen MR) is 267 cm³/mol. The minimum absolute atomic E-state index is 0.536. The molecule has 298 valence electrons. The van der Waals surface area contributed by atoms with E-state index in [0.717, 1.165) is 29.9 Å². The second-order valence-electron chi connectivity index (χ2n) is 16.6. The second-order valence-corrected chi connectivity index (χ2v) is 17.8. The normalized spacial score (nSPS) is 13.3. The molecule has 0 saturated heterocycles. The number of nitrogens with zero attached hydrogens (tertiary/aromatic N) is 1. The van der Waals surface area contributed by atoms with E-state index in [-0.39, 0.29) is 0 Å². The number of hydrogen-bond acceptors (Lipinski definition) is 2. The van der Waals surface area contributed by atoms with Gasteiger partial charge in [0.05, 0.1) is 11.1 Å². The van der Waals surface area contributed by atoms with E-state index in [2.05, 4.69) is 242 Å². The molecule has 0 aliphatic heterocycles. The van der Waals surface area contributed by atoms with Crippen LogP contribution in [0, 0.1) is 0 Å². The summed E-state index contributed by atoms with van der Waals surface area (Å²) in [4.78, 5) is 4.02. The van der Waals surface area contributed by atoms with E-state index < -0.39 is 5.41 Å². The molecule has 10 aromatic rings. The van der Waals surface area contributed by atoms with Gasteiger partial charge in [0, 0.05) is 31.9 Å². The molecular formula is C61H43NS. The van der Waals surface area contributed by atoms with Gasteiger partial charge in [0.2, 0.25) is 0 Å². The molecule has 0 saturated carbocycles. The van der Waals surface area contributed by atoms with Crippen molar-refractivity contribution in [2.75, 3.05) is 4.90 Å². The Hall–Kier alpha value is -7.52. The molecule has 1 nitrogen and oxygen atoms in total. The van der Waals surface area contributed by atoms with Gasteiger partial charge in [-0.1, -0.05) is 200 Å². The summed E-state index contributed by atoms with van der Waals surface area (Å²) in [6, 6.07) is 83.3. The van der Waals surface area contributed by atoms with Gasteiger partial charge in [-0.25, -0.2) is 0 Å². The van der Waals surface area contributed by atoms with E-state index in [4.69, 9.17) is 0 Å². The third kappa shape index (κ3) is 6.05. The van der Waals surface area contributed by atoms with Crippen LogP contribution in [0.15, 0.2) is 231 Å². The summed E-state index contributed by atoms with van der Waals surface area (Å²) in [6.07, 6.45) is 6.88. The van der Waals surface area contributed by atoms with E-state index in [1.807, 2.05) is 11.3 Å². The highest BCUT2D eigenvalue weighted by Crippen LogP contribution is 2.58. The summed E-state index contributed by atoms with van der Waals surface area (Å²) in [5, 5.41) is 1.32. The molecule has 0 fully saturated rings. The highest BCUT2D eigenvalue weighted by Gasteiger charge is 2.46. The van der Waals surface area contributed by atoms with Crippen molar-refractivity contribution in [2.45, 2.75) is 18.3 Å². The van der Waals surface area contributed by atoms with Crippen LogP contribution in [0.25, 0.3) is 60.7 Å². The Balaban J connectivity index is 1.19. The van der Waals surface area contributed by atoms with Crippen LogP contribution < -0.4 is 4.90 Å². The van der Waals surface area contributed by atoms with Crippen LogP contribution >= 0.6 is 11.3 Å². The van der Waals surface area contributed by atoms with Crippen molar-refractivity contribution in [1.82, 2.24) is 0 Å². The summed E-state index contributed by atoms with van der Waals surface area (Å²) < 4.78 is 1.33. The number of fused-ring (bicyclic) bond motifs is 6. The summed E-state index contributed by atoms with van der Waals surface area (Å²) in [5.74, 6) is 0. The number of aryl methyl sites for hydroxylation is 1. The molecule has 2 aliphatic carbocycles. The molecule has 0 amide bonds. The molecule has 0 radical (unpaired) electrons. The Morgan fingerprint density at radius 2 is 0.984 bits per heavy atom. The summed E-state index contributed by atoms with van der Waals surface area (Å²) in [7, 11) is 0. The molecule has 9 aromatic carbocycles. The lowest BCUT2D eigenvalue weighted by atomic mass is 9.67. The van der Waals surface area contributed by atoms with Crippen molar-refractivity contribution in [1.29, 1.82) is 0 Å². The van der Waals surface area contributed by atoms with Gasteiger partial charge < -0.3 is 4.90 Å². The minimum Gasteiger partial charge on any atom is -0.310 e. The molecule has 0 atom stereocenters. The zero-order chi connectivity index (χ0) is 41.7. The number of hydrogen-bond donors (Lipinski definition) is 0. The molecule has 0 spiro atoms. The summed E-state index contributed by atoms with van der Waals surface area (Å²) in [5.41, 5.74) is 19.0. The topological polar surface area (TPSA) is 3.24 Å². The molecule has 12 rings (SSSR count). The maximum Gasteiger partial charge on any atom is 0.0714 e. The summed E-state index contributed by atoms with van der Waals surface area (Å²) in [6.45, 7) is 0. The van der Waals surface area contributed by atoms with Crippen molar-refractivity contribution < 1.29 is 0 Å². The highest BCUT2D eigenvalue weighted by atomic mass is 32.1. The molecule has 0 N–H and O–H groups in total. The first-order chi connectivity index (χ1) is 31.3. The SMILES string of the molecule is C1=Cc2c(sc3ccc(N(c4ccc5c(c4)C(c4ccccc4)(c4ccccc4)c4ccccc4-5)c4cccc(-c5ccccc5)c4-c4ccccc4-c4ccccc4)cc23)CC1. The first-order valence-corrected chi connectivity index (χ1v) is 22.8.